The van der Waals surface area contributed by atoms with Gasteiger partial charge < -0.3 is 4.90 Å². The van der Waals surface area contributed by atoms with E-state index in [4.69, 9.17) is 0 Å². The minimum atomic E-state index is 0.239. The Hall–Kier alpha value is -1.08. The first kappa shape index (κ1) is 11.4. The molecule has 1 aromatic carbocycles. The van der Waals surface area contributed by atoms with Crippen molar-refractivity contribution in [3.8, 4) is 0 Å². The summed E-state index contributed by atoms with van der Waals surface area (Å²) in [4.78, 5) is 2.48. The van der Waals surface area contributed by atoms with E-state index in [1.165, 1.54) is 18.5 Å². The summed E-state index contributed by atoms with van der Waals surface area (Å²) < 4.78 is 0. The van der Waals surface area contributed by atoms with Crippen molar-refractivity contribution in [1.29, 1.82) is 0 Å². The quantitative estimate of drug-likeness (QED) is 0.700. The summed E-state index contributed by atoms with van der Waals surface area (Å²) in [6.07, 6.45) is 4.48. The summed E-state index contributed by atoms with van der Waals surface area (Å²) in [6.45, 7) is 7.53. The van der Waals surface area contributed by atoms with Gasteiger partial charge in [0.1, 0.15) is 0 Å². The zero-order valence-electron chi connectivity index (χ0n) is 10.3. The Morgan fingerprint density at radius 1 is 1.44 bits per heavy atom. The van der Waals surface area contributed by atoms with Gasteiger partial charge in [-0.3, -0.25) is 0 Å². The molecule has 2 atom stereocenters. The molecule has 16 heavy (non-hydrogen) atoms. The summed E-state index contributed by atoms with van der Waals surface area (Å²) in [5.74, 6) is 0.609. The molecular weight excluding hydrogens is 194 g/mol. The molecule has 1 nitrogen and oxygen atoms in total. The normalized spacial score (nSPS) is 30.5. The topological polar surface area (TPSA) is 3.24 Å². The SMILES string of the molecule is C=CC1CCN(C)C1(C)Cc1ccccc1. The molecule has 86 valence electrons. The van der Waals surface area contributed by atoms with Crippen molar-refractivity contribution in [3.63, 3.8) is 0 Å². The number of benzene rings is 1. The second kappa shape index (κ2) is 4.42. The maximum atomic E-state index is 3.99. The van der Waals surface area contributed by atoms with Crippen LogP contribution >= 0.6 is 0 Å². The lowest BCUT2D eigenvalue weighted by molar-refractivity contribution is 0.168. The van der Waals surface area contributed by atoms with Gasteiger partial charge in [-0.25, -0.2) is 0 Å². The molecule has 0 bridgehead atoms. The van der Waals surface area contributed by atoms with Crippen LogP contribution < -0.4 is 0 Å². The van der Waals surface area contributed by atoms with Crippen LogP contribution in [-0.2, 0) is 6.42 Å². The Balaban J connectivity index is 2.21. The Morgan fingerprint density at radius 2 is 2.12 bits per heavy atom. The van der Waals surface area contributed by atoms with Crippen LogP contribution in [0, 0.1) is 5.92 Å². The lowest BCUT2D eigenvalue weighted by atomic mass is 9.81. The Morgan fingerprint density at radius 3 is 2.75 bits per heavy atom. The van der Waals surface area contributed by atoms with E-state index in [1.54, 1.807) is 0 Å². The van der Waals surface area contributed by atoms with E-state index in [-0.39, 0.29) is 5.54 Å². The van der Waals surface area contributed by atoms with Crippen molar-refractivity contribution >= 4 is 0 Å². The molecule has 0 saturated carbocycles. The lowest BCUT2D eigenvalue weighted by Gasteiger charge is -2.36. The van der Waals surface area contributed by atoms with Crippen molar-refractivity contribution in [2.45, 2.75) is 25.3 Å². The predicted octanol–water partition coefficient (Wildman–Crippen LogP) is 3.13. The summed E-state index contributed by atoms with van der Waals surface area (Å²) in [5.41, 5.74) is 1.66. The maximum Gasteiger partial charge on any atom is 0.0281 e. The third kappa shape index (κ3) is 1.92. The molecule has 1 heteroatoms. The van der Waals surface area contributed by atoms with Gasteiger partial charge in [0.15, 0.2) is 0 Å². The molecular formula is C15H21N. The van der Waals surface area contributed by atoms with Gasteiger partial charge in [-0.1, -0.05) is 36.4 Å². The maximum absolute atomic E-state index is 3.99. The monoisotopic (exact) mass is 215 g/mol. The molecule has 0 aromatic heterocycles. The van der Waals surface area contributed by atoms with Gasteiger partial charge in [-0.2, -0.15) is 0 Å². The highest BCUT2D eigenvalue weighted by Gasteiger charge is 2.41. The van der Waals surface area contributed by atoms with Crippen LogP contribution in [-0.4, -0.2) is 24.0 Å². The average Bonchev–Trinajstić information content (AvgIpc) is 2.56. The van der Waals surface area contributed by atoms with E-state index in [9.17, 15) is 0 Å². The van der Waals surface area contributed by atoms with E-state index in [0.29, 0.717) is 5.92 Å². The van der Waals surface area contributed by atoms with Gasteiger partial charge in [0.25, 0.3) is 0 Å². The number of likely N-dealkylation sites (tertiary alicyclic amines) is 1. The van der Waals surface area contributed by atoms with Gasteiger partial charge in [0, 0.05) is 5.54 Å². The van der Waals surface area contributed by atoms with Crippen LogP contribution in [0.1, 0.15) is 18.9 Å². The molecule has 2 unspecified atom stereocenters. The average molecular weight is 215 g/mol. The standard InChI is InChI=1S/C15H21N/c1-4-14-10-11-16(3)15(14,2)12-13-8-6-5-7-9-13/h4-9,14H,1,10-12H2,2-3H3. The number of likely N-dealkylation sites (N-methyl/N-ethyl adjacent to an activating group) is 1. The van der Waals surface area contributed by atoms with Gasteiger partial charge in [-0.05, 0) is 44.8 Å². The zero-order chi connectivity index (χ0) is 11.6. The highest BCUT2D eigenvalue weighted by molar-refractivity contribution is 5.20. The fourth-order valence-corrected chi connectivity index (χ4v) is 2.83. The molecule has 1 aliphatic heterocycles. The second-order valence-electron chi connectivity index (χ2n) is 5.07. The van der Waals surface area contributed by atoms with Crippen LogP contribution in [0.2, 0.25) is 0 Å². The number of nitrogens with zero attached hydrogens (tertiary/aromatic N) is 1. The van der Waals surface area contributed by atoms with Crippen molar-refractivity contribution in [3.05, 3.63) is 48.6 Å². The van der Waals surface area contributed by atoms with Crippen LogP contribution in [0.15, 0.2) is 43.0 Å². The molecule has 0 N–H and O–H groups in total. The van der Waals surface area contributed by atoms with E-state index in [1.807, 2.05) is 0 Å². The fourth-order valence-electron chi connectivity index (χ4n) is 2.83. The second-order valence-corrected chi connectivity index (χ2v) is 5.07. The van der Waals surface area contributed by atoms with E-state index in [2.05, 4.69) is 61.9 Å². The minimum Gasteiger partial charge on any atom is -0.300 e. The predicted molar refractivity (Wildman–Crippen MR) is 69.5 cm³/mol. The van der Waals surface area contributed by atoms with Crippen LogP contribution in [0.25, 0.3) is 0 Å². The zero-order valence-corrected chi connectivity index (χ0v) is 10.3. The van der Waals surface area contributed by atoms with Crippen molar-refractivity contribution in [2.75, 3.05) is 13.6 Å². The number of hydrogen-bond donors (Lipinski definition) is 0. The molecule has 0 amide bonds. The number of hydrogen-bond acceptors (Lipinski definition) is 1. The Bertz CT molecular complexity index is 357. The van der Waals surface area contributed by atoms with Crippen LogP contribution in [0.5, 0.6) is 0 Å². The first-order chi connectivity index (χ1) is 7.66. The van der Waals surface area contributed by atoms with Crippen molar-refractivity contribution < 1.29 is 0 Å². The Kier molecular flexibility index (Phi) is 3.15. The minimum absolute atomic E-state index is 0.239. The molecule has 1 heterocycles. The molecule has 1 aromatic rings. The van der Waals surface area contributed by atoms with Crippen LogP contribution in [0.4, 0.5) is 0 Å². The summed E-state index contributed by atoms with van der Waals surface area (Å²) >= 11 is 0. The molecule has 1 fully saturated rings. The third-order valence-electron chi connectivity index (χ3n) is 4.14. The van der Waals surface area contributed by atoms with E-state index >= 15 is 0 Å². The molecule has 0 radical (unpaired) electrons. The molecule has 0 spiro atoms. The summed E-state index contributed by atoms with van der Waals surface area (Å²) in [5, 5.41) is 0. The summed E-state index contributed by atoms with van der Waals surface area (Å²) in [6, 6.07) is 10.8. The first-order valence-electron chi connectivity index (χ1n) is 6.04. The van der Waals surface area contributed by atoms with Crippen molar-refractivity contribution in [1.82, 2.24) is 4.90 Å². The highest BCUT2D eigenvalue weighted by Crippen LogP contribution is 2.36. The van der Waals surface area contributed by atoms with Gasteiger partial charge in [-0.15, -0.1) is 6.58 Å². The van der Waals surface area contributed by atoms with Crippen molar-refractivity contribution in [2.24, 2.45) is 5.92 Å². The molecule has 0 aliphatic carbocycles. The first-order valence-corrected chi connectivity index (χ1v) is 6.04. The smallest absolute Gasteiger partial charge is 0.0281 e. The lowest BCUT2D eigenvalue weighted by Crippen LogP contribution is -2.44. The van der Waals surface area contributed by atoms with E-state index in [0.717, 1.165) is 6.42 Å². The van der Waals surface area contributed by atoms with Gasteiger partial charge >= 0.3 is 0 Å². The molecule has 2 rings (SSSR count). The van der Waals surface area contributed by atoms with Gasteiger partial charge in [0.2, 0.25) is 0 Å². The summed E-state index contributed by atoms with van der Waals surface area (Å²) in [7, 11) is 2.23. The number of rotatable bonds is 3. The Labute approximate surface area is 98.8 Å². The van der Waals surface area contributed by atoms with Gasteiger partial charge in [0.05, 0.1) is 0 Å². The highest BCUT2D eigenvalue weighted by atomic mass is 15.2. The molecule has 1 aliphatic rings. The third-order valence-corrected chi connectivity index (χ3v) is 4.14. The largest absolute Gasteiger partial charge is 0.300 e. The van der Waals surface area contributed by atoms with E-state index < -0.39 is 0 Å². The fraction of sp³-hybridized carbons (Fsp3) is 0.467. The molecule has 1 saturated heterocycles. The van der Waals surface area contributed by atoms with Crippen LogP contribution in [0.3, 0.4) is 0 Å².